The van der Waals surface area contributed by atoms with Gasteiger partial charge in [-0.2, -0.15) is 52.7 Å². The lowest BCUT2D eigenvalue weighted by atomic mass is 9.81. The summed E-state index contributed by atoms with van der Waals surface area (Å²) < 4.78 is 221. The fourth-order valence-electron chi connectivity index (χ4n) is 3.39. The first-order valence-electron chi connectivity index (χ1n) is 11.8. The van der Waals surface area contributed by atoms with Crippen LogP contribution in [0.25, 0.3) is 0 Å². The van der Waals surface area contributed by atoms with Gasteiger partial charge in [0.1, 0.15) is 0 Å². The third-order valence-electron chi connectivity index (χ3n) is 5.80. The lowest BCUT2D eigenvalue weighted by molar-refractivity contribution is -0.356. The van der Waals surface area contributed by atoms with Crippen LogP contribution in [0.15, 0.2) is 0 Å². The van der Waals surface area contributed by atoms with Crippen LogP contribution in [0.3, 0.4) is 0 Å². The monoisotopic (exact) mass is 659 g/mol. The van der Waals surface area contributed by atoms with Crippen LogP contribution < -0.4 is 4.72 Å². The van der Waals surface area contributed by atoms with E-state index in [1.807, 2.05) is 0 Å². The standard InChI is InChI=1S/C21H31F14NO4S/c1-13(2)39-8-6-15(3,4)40-9-7-36-41(37,38)10-5-14(11-16(22,18(24,25)26)19(27,28)29)12-17(23,20(30,31)32)21(33,34)35/h13-14,36H,5-12H2,1-4H3. The number of halogens is 14. The maximum absolute atomic E-state index is 14.2. The molecule has 0 atom stereocenters. The highest BCUT2D eigenvalue weighted by atomic mass is 32.2. The topological polar surface area (TPSA) is 64.6 Å². The van der Waals surface area contributed by atoms with Gasteiger partial charge in [-0.25, -0.2) is 21.9 Å². The summed E-state index contributed by atoms with van der Waals surface area (Å²) in [7, 11) is -4.80. The predicted molar refractivity (Wildman–Crippen MR) is 117 cm³/mol. The van der Waals surface area contributed by atoms with Crippen molar-refractivity contribution in [2.75, 3.05) is 25.5 Å². The number of nitrogens with one attached hydrogen (secondary N) is 1. The molecule has 0 amide bonds. The number of hydrogen-bond donors (Lipinski definition) is 1. The van der Waals surface area contributed by atoms with Crippen LogP contribution in [-0.4, -0.2) is 81.7 Å². The third-order valence-corrected chi connectivity index (χ3v) is 7.22. The second kappa shape index (κ2) is 13.7. The molecule has 0 saturated carbocycles. The molecule has 0 saturated heterocycles. The summed E-state index contributed by atoms with van der Waals surface area (Å²) in [6.07, 6.45) is -35.5. The van der Waals surface area contributed by atoms with Crippen molar-refractivity contribution in [2.24, 2.45) is 5.92 Å². The van der Waals surface area contributed by atoms with Crippen molar-refractivity contribution in [2.45, 2.75) is 101 Å². The maximum atomic E-state index is 14.2. The normalized spacial score (nSPS) is 15.3. The van der Waals surface area contributed by atoms with Crippen molar-refractivity contribution in [3.63, 3.8) is 0 Å². The smallest absolute Gasteiger partial charge is 0.379 e. The Labute approximate surface area is 227 Å². The minimum Gasteiger partial charge on any atom is -0.379 e. The Balaban J connectivity index is 5.81. The van der Waals surface area contributed by atoms with Gasteiger partial charge in [-0.15, -0.1) is 0 Å². The van der Waals surface area contributed by atoms with Gasteiger partial charge in [-0.05, 0) is 46.5 Å². The quantitative estimate of drug-likeness (QED) is 0.144. The Morgan fingerprint density at radius 2 is 1.07 bits per heavy atom. The van der Waals surface area contributed by atoms with Crippen LogP contribution >= 0.6 is 0 Å². The van der Waals surface area contributed by atoms with Crippen LogP contribution in [0.2, 0.25) is 0 Å². The first kappa shape index (κ1) is 39.8. The zero-order chi connectivity index (χ0) is 32.9. The van der Waals surface area contributed by atoms with Crippen LogP contribution in [0.5, 0.6) is 0 Å². The summed E-state index contributed by atoms with van der Waals surface area (Å²) in [5, 5.41) is 0. The summed E-state index contributed by atoms with van der Waals surface area (Å²) in [4.78, 5) is 0. The lowest BCUT2D eigenvalue weighted by Gasteiger charge is -2.37. The fourth-order valence-corrected chi connectivity index (χ4v) is 4.57. The lowest BCUT2D eigenvalue weighted by Crippen LogP contribution is -2.57. The average molecular weight is 660 g/mol. The molecule has 20 heteroatoms. The van der Waals surface area contributed by atoms with E-state index in [-0.39, 0.29) is 19.3 Å². The van der Waals surface area contributed by atoms with Gasteiger partial charge in [0.15, 0.2) is 0 Å². The van der Waals surface area contributed by atoms with Crippen molar-refractivity contribution in [1.82, 2.24) is 4.72 Å². The van der Waals surface area contributed by atoms with Crippen LogP contribution in [0.1, 0.15) is 53.4 Å². The molecule has 1 N–H and O–H groups in total. The number of ether oxygens (including phenoxy) is 2. The molecule has 0 aromatic rings. The minimum absolute atomic E-state index is 0.105. The molecule has 0 rings (SSSR count). The Morgan fingerprint density at radius 3 is 1.41 bits per heavy atom. The summed E-state index contributed by atoms with van der Waals surface area (Å²) in [5.74, 6) is -5.02. The Bertz CT molecular complexity index is 843. The van der Waals surface area contributed by atoms with Gasteiger partial charge in [-0.1, -0.05) is 0 Å². The van der Waals surface area contributed by atoms with E-state index in [0.29, 0.717) is 6.42 Å². The molecule has 0 heterocycles. The van der Waals surface area contributed by atoms with Gasteiger partial charge in [0, 0.05) is 26.0 Å². The highest BCUT2D eigenvalue weighted by Crippen LogP contribution is 2.54. The average Bonchev–Trinajstić information content (AvgIpc) is 2.71. The molecule has 0 aromatic heterocycles. The van der Waals surface area contributed by atoms with Crippen molar-refractivity contribution in [1.29, 1.82) is 0 Å². The van der Waals surface area contributed by atoms with Gasteiger partial charge >= 0.3 is 24.7 Å². The number of sulfonamides is 1. The van der Waals surface area contributed by atoms with Crippen LogP contribution in [0.4, 0.5) is 61.5 Å². The fraction of sp³-hybridized carbons (Fsp3) is 1.00. The van der Waals surface area contributed by atoms with Crippen molar-refractivity contribution in [3.05, 3.63) is 0 Å². The van der Waals surface area contributed by atoms with Gasteiger partial charge < -0.3 is 9.47 Å². The third kappa shape index (κ3) is 11.8. The Kier molecular flexibility index (Phi) is 13.3. The number of alkyl halides is 14. The molecular formula is C21H31F14NO4S. The molecule has 248 valence electrons. The summed E-state index contributed by atoms with van der Waals surface area (Å²) in [6.45, 7) is 5.98. The maximum Gasteiger partial charge on any atom is 0.431 e. The zero-order valence-electron chi connectivity index (χ0n) is 22.1. The van der Waals surface area contributed by atoms with Crippen LogP contribution in [-0.2, 0) is 19.5 Å². The molecule has 0 fully saturated rings. The number of hydrogen-bond acceptors (Lipinski definition) is 4. The van der Waals surface area contributed by atoms with E-state index in [2.05, 4.69) is 0 Å². The summed E-state index contributed by atoms with van der Waals surface area (Å²) in [5.41, 5.74) is -13.6. The van der Waals surface area contributed by atoms with Gasteiger partial charge in [-0.3, -0.25) is 0 Å². The van der Waals surface area contributed by atoms with E-state index < -0.39 is 89.1 Å². The van der Waals surface area contributed by atoms with E-state index >= 15 is 0 Å². The van der Waals surface area contributed by atoms with Crippen molar-refractivity contribution < 1.29 is 79.4 Å². The van der Waals surface area contributed by atoms with Crippen molar-refractivity contribution in [3.8, 4) is 0 Å². The first-order valence-corrected chi connectivity index (χ1v) is 13.4. The van der Waals surface area contributed by atoms with E-state index in [0.717, 1.165) is 0 Å². The Hall–Kier alpha value is -1.15. The van der Waals surface area contributed by atoms with E-state index in [9.17, 15) is 69.9 Å². The molecule has 0 aliphatic rings. The summed E-state index contributed by atoms with van der Waals surface area (Å²) in [6, 6.07) is 0. The second-order valence-electron chi connectivity index (χ2n) is 10.1. The molecule has 0 unspecified atom stereocenters. The highest BCUT2D eigenvalue weighted by Gasteiger charge is 2.75. The molecule has 0 aromatic carbocycles. The molecular weight excluding hydrogens is 628 g/mol. The molecule has 0 aliphatic carbocycles. The van der Waals surface area contributed by atoms with Crippen LogP contribution in [0, 0.1) is 5.92 Å². The molecule has 0 radical (unpaired) electrons. The van der Waals surface area contributed by atoms with E-state index in [1.54, 1.807) is 32.4 Å². The SMILES string of the molecule is CC(C)OCCC(C)(C)OCCNS(=O)(=O)CCC(CC(F)(C(F)(F)F)C(F)(F)F)CC(F)(C(F)(F)F)C(F)(F)F. The Morgan fingerprint density at radius 1 is 0.683 bits per heavy atom. The summed E-state index contributed by atoms with van der Waals surface area (Å²) >= 11 is 0. The van der Waals surface area contributed by atoms with Gasteiger partial charge in [0.2, 0.25) is 10.0 Å². The molecule has 0 spiro atoms. The number of rotatable bonds is 16. The van der Waals surface area contributed by atoms with Gasteiger partial charge in [0.25, 0.3) is 11.3 Å². The predicted octanol–water partition coefficient (Wildman–Crippen LogP) is 6.97. The van der Waals surface area contributed by atoms with Gasteiger partial charge in [0.05, 0.1) is 24.1 Å². The highest BCUT2D eigenvalue weighted by molar-refractivity contribution is 7.89. The first-order chi connectivity index (χ1) is 17.9. The minimum atomic E-state index is -6.90. The largest absolute Gasteiger partial charge is 0.431 e. The van der Waals surface area contributed by atoms with Crippen molar-refractivity contribution >= 4 is 10.0 Å². The zero-order valence-corrected chi connectivity index (χ0v) is 23.0. The molecule has 0 aliphatic heterocycles. The molecule has 41 heavy (non-hydrogen) atoms. The van der Waals surface area contributed by atoms with E-state index in [4.69, 9.17) is 9.47 Å². The van der Waals surface area contributed by atoms with E-state index in [1.165, 1.54) is 0 Å². The molecule has 5 nitrogen and oxygen atoms in total. The molecule has 0 bridgehead atoms. The second-order valence-corrected chi connectivity index (χ2v) is 12.1.